The minimum absolute atomic E-state index is 0.306. The Kier molecular flexibility index (Phi) is 7.92. The lowest BCUT2D eigenvalue weighted by molar-refractivity contribution is 0.332. The van der Waals surface area contributed by atoms with Crippen LogP contribution < -0.4 is 0 Å². The maximum Gasteiger partial charge on any atom is 0.0452 e. The molecule has 96 valence electrons. The number of rotatable bonds is 7. The molecule has 0 N–H and O–H groups in total. The van der Waals surface area contributed by atoms with Crippen molar-refractivity contribution in [2.45, 2.75) is 72.0 Å². The molecule has 0 aliphatic heterocycles. The summed E-state index contributed by atoms with van der Waals surface area (Å²) in [6, 6.07) is 0. The molecule has 0 saturated heterocycles. The molecule has 0 saturated carbocycles. The zero-order valence-corrected chi connectivity index (χ0v) is 13.4. The average Bonchev–Trinajstić information content (AvgIpc) is 2.13. The van der Waals surface area contributed by atoms with Gasteiger partial charge in [-0.15, -0.1) is 11.8 Å². The third-order valence-corrected chi connectivity index (χ3v) is 4.47. The molecule has 0 aromatic carbocycles. The SMILES string of the molecule is CCC(C)CC(CC)CC(C)(C)SC(C)=S. The van der Waals surface area contributed by atoms with Crippen LogP contribution >= 0.6 is 24.0 Å². The van der Waals surface area contributed by atoms with Crippen LogP contribution in [-0.4, -0.2) is 8.94 Å². The van der Waals surface area contributed by atoms with Crippen LogP contribution in [0.2, 0.25) is 0 Å². The van der Waals surface area contributed by atoms with Crippen molar-refractivity contribution in [2.75, 3.05) is 0 Å². The molecule has 0 amide bonds. The maximum absolute atomic E-state index is 5.21. The Morgan fingerprint density at radius 2 is 1.81 bits per heavy atom. The third kappa shape index (κ3) is 7.67. The van der Waals surface area contributed by atoms with Gasteiger partial charge in [-0.25, -0.2) is 0 Å². The van der Waals surface area contributed by atoms with Gasteiger partial charge < -0.3 is 0 Å². The molecule has 0 spiro atoms. The van der Waals surface area contributed by atoms with Gasteiger partial charge >= 0.3 is 0 Å². The van der Waals surface area contributed by atoms with E-state index in [1.807, 2.05) is 18.7 Å². The van der Waals surface area contributed by atoms with Crippen molar-refractivity contribution in [3.8, 4) is 0 Å². The monoisotopic (exact) mass is 260 g/mol. The Morgan fingerprint density at radius 3 is 2.19 bits per heavy atom. The first-order chi connectivity index (χ1) is 7.30. The topological polar surface area (TPSA) is 0 Å². The molecule has 2 unspecified atom stereocenters. The smallest absolute Gasteiger partial charge is 0.0452 e. The highest BCUT2D eigenvalue weighted by Crippen LogP contribution is 2.35. The first-order valence-electron chi connectivity index (χ1n) is 6.50. The molecular formula is C14H28S2. The minimum atomic E-state index is 0.306. The van der Waals surface area contributed by atoms with Crippen molar-refractivity contribution in [1.82, 2.24) is 0 Å². The van der Waals surface area contributed by atoms with E-state index in [2.05, 4.69) is 34.6 Å². The van der Waals surface area contributed by atoms with Crippen LogP contribution in [0.4, 0.5) is 0 Å². The van der Waals surface area contributed by atoms with Crippen LogP contribution in [0, 0.1) is 11.8 Å². The molecule has 0 nitrogen and oxygen atoms in total. The van der Waals surface area contributed by atoms with Gasteiger partial charge in [-0.05, 0) is 31.6 Å². The molecule has 0 bridgehead atoms. The van der Waals surface area contributed by atoms with Gasteiger partial charge in [0.15, 0.2) is 0 Å². The Balaban J connectivity index is 4.24. The van der Waals surface area contributed by atoms with E-state index in [-0.39, 0.29) is 0 Å². The van der Waals surface area contributed by atoms with Gasteiger partial charge in [-0.3, -0.25) is 0 Å². The summed E-state index contributed by atoms with van der Waals surface area (Å²) in [6.07, 6.45) is 5.25. The van der Waals surface area contributed by atoms with E-state index < -0.39 is 0 Å². The van der Waals surface area contributed by atoms with Crippen LogP contribution in [0.15, 0.2) is 0 Å². The molecule has 0 aliphatic rings. The van der Waals surface area contributed by atoms with Gasteiger partial charge in [0, 0.05) is 8.94 Å². The van der Waals surface area contributed by atoms with Crippen molar-refractivity contribution in [2.24, 2.45) is 11.8 Å². The second-order valence-corrected chi connectivity index (χ2v) is 8.37. The molecule has 0 heterocycles. The highest BCUT2D eigenvalue weighted by Gasteiger charge is 2.24. The van der Waals surface area contributed by atoms with Crippen molar-refractivity contribution in [3.63, 3.8) is 0 Å². The zero-order valence-electron chi connectivity index (χ0n) is 11.8. The van der Waals surface area contributed by atoms with Crippen LogP contribution in [0.3, 0.4) is 0 Å². The van der Waals surface area contributed by atoms with E-state index in [9.17, 15) is 0 Å². The summed E-state index contributed by atoms with van der Waals surface area (Å²) in [5.41, 5.74) is 0. The molecule has 0 rings (SSSR count). The summed E-state index contributed by atoms with van der Waals surface area (Å²) in [7, 11) is 0. The Bertz CT molecular complexity index is 209. The Hall–Kier alpha value is 0.440. The van der Waals surface area contributed by atoms with Gasteiger partial charge in [0.1, 0.15) is 0 Å². The number of thiocarbonyl (C=S) groups is 1. The van der Waals surface area contributed by atoms with E-state index in [4.69, 9.17) is 12.2 Å². The van der Waals surface area contributed by atoms with Gasteiger partial charge in [0.05, 0.1) is 0 Å². The molecule has 0 aromatic rings. The molecule has 0 radical (unpaired) electrons. The molecule has 0 fully saturated rings. The first kappa shape index (κ1) is 16.4. The van der Waals surface area contributed by atoms with E-state index in [1.165, 1.54) is 25.7 Å². The van der Waals surface area contributed by atoms with Crippen molar-refractivity contribution in [3.05, 3.63) is 0 Å². The second-order valence-electron chi connectivity index (χ2n) is 5.58. The van der Waals surface area contributed by atoms with E-state index in [1.54, 1.807) is 0 Å². The van der Waals surface area contributed by atoms with E-state index >= 15 is 0 Å². The average molecular weight is 261 g/mol. The van der Waals surface area contributed by atoms with Gasteiger partial charge in [-0.1, -0.05) is 59.7 Å². The summed E-state index contributed by atoms with van der Waals surface area (Å²) < 4.78 is 1.38. The van der Waals surface area contributed by atoms with Gasteiger partial charge in [0.2, 0.25) is 0 Å². The molecule has 2 atom stereocenters. The zero-order chi connectivity index (χ0) is 12.8. The summed E-state index contributed by atoms with van der Waals surface area (Å²) in [6.45, 7) is 13.7. The quantitative estimate of drug-likeness (QED) is 0.539. The normalized spacial score (nSPS) is 15.9. The van der Waals surface area contributed by atoms with Gasteiger partial charge in [0.25, 0.3) is 0 Å². The fraction of sp³-hybridized carbons (Fsp3) is 0.929. The van der Waals surface area contributed by atoms with Crippen LogP contribution in [0.5, 0.6) is 0 Å². The molecule has 0 aromatic heterocycles. The predicted molar refractivity (Wildman–Crippen MR) is 82.4 cm³/mol. The molecule has 2 heteroatoms. The fourth-order valence-electron chi connectivity index (χ4n) is 2.26. The highest BCUT2D eigenvalue weighted by molar-refractivity contribution is 8.23. The van der Waals surface area contributed by atoms with Crippen molar-refractivity contribution in [1.29, 1.82) is 0 Å². The first-order valence-corrected chi connectivity index (χ1v) is 7.72. The highest BCUT2D eigenvalue weighted by atomic mass is 32.2. The Morgan fingerprint density at radius 1 is 1.25 bits per heavy atom. The van der Waals surface area contributed by atoms with Crippen LogP contribution in [0.1, 0.15) is 67.2 Å². The number of hydrogen-bond acceptors (Lipinski definition) is 2. The molecular weight excluding hydrogens is 232 g/mol. The minimum Gasteiger partial charge on any atom is -0.113 e. The lowest BCUT2D eigenvalue weighted by atomic mass is 9.86. The van der Waals surface area contributed by atoms with Crippen molar-refractivity contribution >= 4 is 28.2 Å². The number of thioether (sulfide) groups is 1. The second kappa shape index (κ2) is 7.71. The van der Waals surface area contributed by atoms with Crippen LogP contribution in [-0.2, 0) is 0 Å². The third-order valence-electron chi connectivity index (χ3n) is 3.21. The molecule has 0 aliphatic carbocycles. The largest absolute Gasteiger partial charge is 0.113 e. The van der Waals surface area contributed by atoms with Gasteiger partial charge in [-0.2, -0.15) is 0 Å². The predicted octanol–water partition coefficient (Wildman–Crippen LogP) is 5.70. The van der Waals surface area contributed by atoms with E-state index in [0.29, 0.717) is 4.75 Å². The fourth-order valence-corrected chi connectivity index (χ4v) is 4.03. The van der Waals surface area contributed by atoms with Crippen LogP contribution in [0.25, 0.3) is 0 Å². The lowest BCUT2D eigenvalue weighted by Gasteiger charge is -2.29. The molecule has 16 heavy (non-hydrogen) atoms. The Labute approximate surface area is 112 Å². The summed E-state index contributed by atoms with van der Waals surface area (Å²) in [4.78, 5) is 0. The van der Waals surface area contributed by atoms with E-state index in [0.717, 1.165) is 16.0 Å². The maximum atomic E-state index is 5.21. The summed E-state index contributed by atoms with van der Waals surface area (Å²) >= 11 is 7.07. The van der Waals surface area contributed by atoms with Crippen molar-refractivity contribution < 1.29 is 0 Å². The standard InChI is InChI=1S/C14H28S2/c1-7-11(3)9-13(8-2)10-14(5,6)16-12(4)15/h11,13H,7-10H2,1-6H3. The lowest BCUT2D eigenvalue weighted by Crippen LogP contribution is -2.22. The number of hydrogen-bond donors (Lipinski definition) is 0. The summed E-state index contributed by atoms with van der Waals surface area (Å²) in [5, 5.41) is 0. The summed E-state index contributed by atoms with van der Waals surface area (Å²) in [5.74, 6) is 1.71.